The van der Waals surface area contributed by atoms with Crippen molar-refractivity contribution in [2.24, 2.45) is 5.92 Å². The molecule has 0 radical (unpaired) electrons. The molecule has 2 aliphatic heterocycles. The van der Waals surface area contributed by atoms with Crippen LogP contribution in [0.4, 0.5) is 5.69 Å². The van der Waals surface area contributed by atoms with Gasteiger partial charge in [-0.2, -0.15) is 0 Å². The van der Waals surface area contributed by atoms with Crippen molar-refractivity contribution in [3.8, 4) is 0 Å². The predicted octanol–water partition coefficient (Wildman–Crippen LogP) is -0.289. The molecular weight excluding hydrogens is 462 g/mol. The van der Waals surface area contributed by atoms with Crippen LogP contribution < -0.4 is 5.32 Å². The van der Waals surface area contributed by atoms with Crippen LogP contribution in [0.5, 0.6) is 0 Å². The van der Waals surface area contributed by atoms with Crippen LogP contribution in [-0.2, 0) is 20.7 Å². The minimum absolute atomic E-state index is 0.0157. The Balaban J connectivity index is 1.55. The molecule has 2 aliphatic rings. The van der Waals surface area contributed by atoms with Crippen LogP contribution in [0.1, 0.15) is 25.3 Å². The molecule has 3 rings (SSSR count). The molecule has 1 amide bonds. The molecule has 7 N–H and O–H groups in total. The van der Waals surface area contributed by atoms with Gasteiger partial charge in [0.15, 0.2) is 20.7 Å². The number of amides is 1. The van der Waals surface area contributed by atoms with E-state index in [2.05, 4.69) is 12.2 Å². The first kappa shape index (κ1) is 27.2. The van der Waals surface area contributed by atoms with Gasteiger partial charge in [0.2, 0.25) is 0 Å². The van der Waals surface area contributed by atoms with Crippen LogP contribution in [0, 0.1) is 5.92 Å². The van der Waals surface area contributed by atoms with Gasteiger partial charge in [0, 0.05) is 17.8 Å². The molecule has 0 aliphatic carbocycles. The van der Waals surface area contributed by atoms with Gasteiger partial charge in [-0.1, -0.05) is 19.1 Å². The Morgan fingerprint density at radius 2 is 1.62 bits per heavy atom. The van der Waals surface area contributed by atoms with Gasteiger partial charge in [0.05, 0.1) is 12.2 Å². The smallest absolute Gasteiger partial charge is 0.256 e. The number of benzene rings is 1. The van der Waals surface area contributed by atoms with Crippen LogP contribution in [0.2, 0.25) is 18.6 Å². The monoisotopic (exact) mass is 499 g/mol. The third kappa shape index (κ3) is 6.04. The van der Waals surface area contributed by atoms with E-state index in [0.29, 0.717) is 12.1 Å². The Labute approximate surface area is 200 Å². The van der Waals surface area contributed by atoms with E-state index in [1.165, 1.54) is 0 Å². The SMILES string of the molecule is C[C@@H]1[C@@H]([Si](C)(C)O)[C@H](CCO)O[C@@H]1CCc1ccc(NC(=O)[C@H]2O[C@@H](O)[C@H](O)[C@@H](O)[C@@H]2O)cc1. The first-order valence-corrected chi connectivity index (χ1v) is 14.7. The Kier molecular flexibility index (Phi) is 8.88. The third-order valence-corrected chi connectivity index (χ3v) is 9.45. The number of rotatable bonds is 8. The summed E-state index contributed by atoms with van der Waals surface area (Å²) < 4.78 is 11.2. The molecule has 0 bridgehead atoms. The van der Waals surface area contributed by atoms with E-state index in [1.807, 2.05) is 25.2 Å². The number of carbonyl (C=O) groups excluding carboxylic acids is 1. The van der Waals surface area contributed by atoms with E-state index >= 15 is 0 Å². The number of aliphatic hydroxyl groups excluding tert-OH is 5. The number of carbonyl (C=O) groups is 1. The molecule has 9 atom stereocenters. The first-order chi connectivity index (χ1) is 15.9. The molecule has 34 heavy (non-hydrogen) atoms. The summed E-state index contributed by atoms with van der Waals surface area (Å²) in [4.78, 5) is 23.2. The highest BCUT2D eigenvalue weighted by Crippen LogP contribution is 2.45. The summed E-state index contributed by atoms with van der Waals surface area (Å²) in [6, 6.07) is 7.11. The summed E-state index contributed by atoms with van der Waals surface area (Å²) in [5.74, 6) is -0.567. The first-order valence-electron chi connectivity index (χ1n) is 11.7. The van der Waals surface area contributed by atoms with Gasteiger partial charge < -0.3 is 45.1 Å². The molecule has 0 unspecified atom stereocenters. The zero-order valence-corrected chi connectivity index (χ0v) is 20.7. The molecule has 1 aromatic carbocycles. The summed E-state index contributed by atoms with van der Waals surface area (Å²) in [7, 11) is -2.44. The summed E-state index contributed by atoms with van der Waals surface area (Å²) in [6.07, 6.45) is -6.56. The highest BCUT2D eigenvalue weighted by Gasteiger charge is 2.49. The quantitative estimate of drug-likeness (QED) is 0.238. The largest absolute Gasteiger partial charge is 0.432 e. The topological polar surface area (TPSA) is 169 Å². The van der Waals surface area contributed by atoms with Crippen molar-refractivity contribution < 1.29 is 44.6 Å². The standard InChI is InChI=1S/C23H37NO9Si/c1-12-15(32-16(10-11-25)21(12)34(2,3)31)9-6-13-4-7-14(8-5-13)24-22(29)20-18(27)17(26)19(28)23(30)33-20/h4-5,7-8,12,15-21,23,25-28,30-31H,6,9-11H2,1-3H3,(H,24,29)/t12-,15+,16-,17-,18-,19+,20-,21+,23+/m0/s1. The lowest BCUT2D eigenvalue weighted by Gasteiger charge is -2.37. The fraction of sp³-hybridized carbons (Fsp3) is 0.696. The second-order valence-corrected chi connectivity index (χ2v) is 13.9. The second-order valence-electron chi connectivity index (χ2n) is 9.91. The van der Waals surface area contributed by atoms with Gasteiger partial charge in [0.1, 0.15) is 18.3 Å². The molecule has 2 saturated heterocycles. The summed E-state index contributed by atoms with van der Waals surface area (Å²) in [5.41, 5.74) is 1.54. The maximum atomic E-state index is 12.4. The highest BCUT2D eigenvalue weighted by atomic mass is 28.4. The van der Waals surface area contributed by atoms with Crippen LogP contribution >= 0.6 is 0 Å². The average molecular weight is 500 g/mol. The van der Waals surface area contributed by atoms with Crippen molar-refractivity contribution in [3.63, 3.8) is 0 Å². The maximum absolute atomic E-state index is 12.4. The molecule has 10 nitrogen and oxygen atoms in total. The molecule has 2 heterocycles. The molecule has 0 aromatic heterocycles. The van der Waals surface area contributed by atoms with Crippen LogP contribution in [0.3, 0.4) is 0 Å². The lowest BCUT2D eigenvalue weighted by molar-refractivity contribution is -0.274. The van der Waals surface area contributed by atoms with Crippen LogP contribution in [0.25, 0.3) is 0 Å². The van der Waals surface area contributed by atoms with Crippen molar-refractivity contribution in [2.75, 3.05) is 11.9 Å². The number of anilines is 1. The molecule has 1 aromatic rings. The number of hydrogen-bond donors (Lipinski definition) is 7. The van der Waals surface area contributed by atoms with Crippen molar-refractivity contribution >= 4 is 19.9 Å². The molecular formula is C23H37NO9Si. The molecule has 2 fully saturated rings. The van der Waals surface area contributed by atoms with E-state index in [0.717, 1.165) is 18.4 Å². The van der Waals surface area contributed by atoms with Crippen LogP contribution in [-0.4, -0.2) is 94.1 Å². The predicted molar refractivity (Wildman–Crippen MR) is 125 cm³/mol. The van der Waals surface area contributed by atoms with E-state index in [9.17, 15) is 35.1 Å². The Morgan fingerprint density at radius 3 is 2.21 bits per heavy atom. The van der Waals surface area contributed by atoms with Crippen molar-refractivity contribution in [3.05, 3.63) is 29.8 Å². The molecule has 11 heteroatoms. The van der Waals surface area contributed by atoms with E-state index in [1.54, 1.807) is 12.1 Å². The second kappa shape index (κ2) is 11.1. The van der Waals surface area contributed by atoms with Crippen molar-refractivity contribution in [1.29, 1.82) is 0 Å². The van der Waals surface area contributed by atoms with E-state index < -0.39 is 44.9 Å². The van der Waals surface area contributed by atoms with E-state index in [4.69, 9.17) is 9.47 Å². The lowest BCUT2D eigenvalue weighted by atomic mass is 9.95. The fourth-order valence-corrected chi connectivity index (χ4v) is 7.82. The fourth-order valence-electron chi connectivity index (χ4n) is 5.16. The highest BCUT2D eigenvalue weighted by molar-refractivity contribution is 6.71. The number of ether oxygens (including phenoxy) is 2. The maximum Gasteiger partial charge on any atom is 0.256 e. The summed E-state index contributed by atoms with van der Waals surface area (Å²) in [6.45, 7) is 5.96. The minimum Gasteiger partial charge on any atom is -0.432 e. The minimum atomic E-state index is -2.44. The van der Waals surface area contributed by atoms with Gasteiger partial charge in [-0.25, -0.2) is 0 Å². The number of aliphatic hydroxyl groups is 5. The Hall–Kier alpha value is -1.41. The number of hydrogen-bond acceptors (Lipinski definition) is 9. The average Bonchev–Trinajstić information content (AvgIpc) is 3.09. The molecule has 0 spiro atoms. The van der Waals surface area contributed by atoms with Gasteiger partial charge in [-0.05, 0) is 56.0 Å². The zero-order valence-electron chi connectivity index (χ0n) is 19.7. The van der Waals surface area contributed by atoms with Gasteiger partial charge in [0.25, 0.3) is 5.91 Å². The number of nitrogens with one attached hydrogen (secondary N) is 1. The molecule has 192 valence electrons. The zero-order chi connectivity index (χ0) is 25.2. The van der Waals surface area contributed by atoms with Crippen molar-refractivity contribution in [2.45, 2.75) is 87.7 Å². The lowest BCUT2D eigenvalue weighted by Crippen LogP contribution is -2.60. The van der Waals surface area contributed by atoms with Crippen molar-refractivity contribution in [1.82, 2.24) is 0 Å². The Bertz CT molecular complexity index is 818. The Morgan fingerprint density at radius 1 is 0.971 bits per heavy atom. The number of aryl methyl sites for hydroxylation is 1. The van der Waals surface area contributed by atoms with E-state index in [-0.39, 0.29) is 30.3 Å². The third-order valence-electron chi connectivity index (χ3n) is 6.92. The van der Waals surface area contributed by atoms with Gasteiger partial charge in [-0.3, -0.25) is 4.79 Å². The normalized spacial score (nSPS) is 36.4. The van der Waals surface area contributed by atoms with Gasteiger partial charge >= 0.3 is 0 Å². The summed E-state index contributed by atoms with van der Waals surface area (Å²) >= 11 is 0. The molecule has 0 saturated carbocycles. The van der Waals surface area contributed by atoms with Gasteiger partial charge in [-0.15, -0.1) is 0 Å². The summed E-state index contributed by atoms with van der Waals surface area (Å²) in [5, 5.41) is 50.8. The van der Waals surface area contributed by atoms with Crippen LogP contribution in [0.15, 0.2) is 24.3 Å².